The lowest BCUT2D eigenvalue weighted by atomic mass is 9.92. The van der Waals surface area contributed by atoms with Crippen LogP contribution in [0.1, 0.15) is 43.6 Å². The van der Waals surface area contributed by atoms with Crippen LogP contribution in [0.3, 0.4) is 0 Å². The van der Waals surface area contributed by atoms with Crippen molar-refractivity contribution in [2.45, 2.75) is 13.5 Å². The molecule has 1 aliphatic rings. The number of rotatable bonds is 7. The lowest BCUT2D eigenvalue weighted by molar-refractivity contribution is 0.0967. The standard InChI is InChI=1S/C24H20ClN3O3/c1-3-12-26-13-15(2)28-24(31)17-10-8-16(9-11-17)14-27-21-20(25)22(29)18-6-4-5-7-19(18)23(21)30/h3-13,27H,2,14H2,1H3,(H,28,31)/b12-3-,26-13?. The Balaban J connectivity index is 1.65. The predicted molar refractivity (Wildman–Crippen MR) is 121 cm³/mol. The zero-order chi connectivity index (χ0) is 22.4. The van der Waals surface area contributed by atoms with Gasteiger partial charge in [-0.2, -0.15) is 0 Å². The maximum absolute atomic E-state index is 12.7. The smallest absolute Gasteiger partial charge is 0.255 e. The molecule has 31 heavy (non-hydrogen) atoms. The first kappa shape index (κ1) is 21.9. The molecule has 2 aromatic carbocycles. The van der Waals surface area contributed by atoms with E-state index in [1.54, 1.807) is 60.8 Å². The largest absolute Gasteiger partial charge is 0.376 e. The van der Waals surface area contributed by atoms with Crippen LogP contribution in [-0.4, -0.2) is 23.7 Å². The fraction of sp³-hybridized carbons (Fsp3) is 0.0833. The average Bonchev–Trinajstić information content (AvgIpc) is 2.78. The molecule has 0 fully saturated rings. The Morgan fingerprint density at radius 2 is 1.71 bits per heavy atom. The van der Waals surface area contributed by atoms with Crippen LogP contribution in [0.5, 0.6) is 0 Å². The zero-order valence-electron chi connectivity index (χ0n) is 16.8. The van der Waals surface area contributed by atoms with E-state index in [2.05, 4.69) is 22.2 Å². The van der Waals surface area contributed by atoms with Gasteiger partial charge in [0.05, 0.1) is 5.70 Å². The molecule has 2 aromatic rings. The molecule has 0 aliphatic heterocycles. The van der Waals surface area contributed by atoms with Crippen molar-refractivity contribution < 1.29 is 14.4 Å². The molecule has 0 heterocycles. The van der Waals surface area contributed by atoms with E-state index < -0.39 is 0 Å². The molecule has 0 spiro atoms. The van der Waals surface area contributed by atoms with Crippen molar-refractivity contribution in [2.24, 2.45) is 4.99 Å². The van der Waals surface area contributed by atoms with Crippen LogP contribution >= 0.6 is 11.6 Å². The normalized spacial score (nSPS) is 13.6. The van der Waals surface area contributed by atoms with Crippen LogP contribution in [-0.2, 0) is 6.54 Å². The summed E-state index contributed by atoms with van der Waals surface area (Å²) in [4.78, 5) is 41.4. The number of ketones is 2. The van der Waals surface area contributed by atoms with Crippen molar-refractivity contribution in [3.8, 4) is 0 Å². The summed E-state index contributed by atoms with van der Waals surface area (Å²) in [5.74, 6) is -1.02. The number of hydrogen-bond acceptors (Lipinski definition) is 5. The monoisotopic (exact) mass is 433 g/mol. The number of fused-ring (bicyclic) bond motifs is 1. The van der Waals surface area contributed by atoms with Gasteiger partial charge in [-0.15, -0.1) is 0 Å². The SMILES string of the molecule is C=C(C=N/C=C\C)NC(=O)c1ccc(CNC2=C(Cl)C(=O)c3ccccc3C2=O)cc1. The first-order chi connectivity index (χ1) is 14.9. The van der Waals surface area contributed by atoms with Gasteiger partial charge in [-0.1, -0.05) is 60.7 Å². The van der Waals surface area contributed by atoms with E-state index in [1.807, 2.05) is 6.92 Å². The highest BCUT2D eigenvalue weighted by atomic mass is 35.5. The number of nitrogens with zero attached hydrogens (tertiary/aromatic N) is 1. The summed E-state index contributed by atoms with van der Waals surface area (Å²) >= 11 is 6.15. The highest BCUT2D eigenvalue weighted by Gasteiger charge is 2.30. The molecular weight excluding hydrogens is 414 g/mol. The topological polar surface area (TPSA) is 87.6 Å². The van der Waals surface area contributed by atoms with E-state index in [9.17, 15) is 14.4 Å². The Morgan fingerprint density at radius 3 is 2.35 bits per heavy atom. The summed E-state index contributed by atoms with van der Waals surface area (Å²) in [5, 5.41) is 5.47. The van der Waals surface area contributed by atoms with Crippen LogP contribution in [0.25, 0.3) is 0 Å². The number of benzene rings is 2. The summed E-state index contributed by atoms with van der Waals surface area (Å²) in [7, 11) is 0. The molecule has 1 aliphatic carbocycles. The first-order valence-corrected chi connectivity index (χ1v) is 9.85. The molecule has 0 radical (unpaired) electrons. The second kappa shape index (κ2) is 9.82. The van der Waals surface area contributed by atoms with Crippen LogP contribution in [0, 0.1) is 0 Å². The lowest BCUT2D eigenvalue weighted by Crippen LogP contribution is -2.28. The molecular formula is C24H20ClN3O3. The van der Waals surface area contributed by atoms with Gasteiger partial charge in [-0.25, -0.2) is 0 Å². The van der Waals surface area contributed by atoms with E-state index in [0.717, 1.165) is 5.56 Å². The summed E-state index contributed by atoms with van der Waals surface area (Å²) in [6, 6.07) is 13.4. The Labute approximate surface area is 185 Å². The Bertz CT molecular complexity index is 1140. The minimum absolute atomic E-state index is 0.0731. The summed E-state index contributed by atoms with van der Waals surface area (Å²) in [6.07, 6.45) is 4.80. The Kier molecular flexibility index (Phi) is 6.95. The third kappa shape index (κ3) is 5.05. The second-order valence-electron chi connectivity index (χ2n) is 6.68. The van der Waals surface area contributed by atoms with E-state index in [4.69, 9.17) is 11.6 Å². The number of carbonyl (C=O) groups is 3. The molecule has 0 bridgehead atoms. The number of nitrogens with one attached hydrogen (secondary N) is 2. The maximum atomic E-state index is 12.7. The van der Waals surface area contributed by atoms with Crippen molar-refractivity contribution in [1.82, 2.24) is 10.6 Å². The molecule has 0 saturated carbocycles. The van der Waals surface area contributed by atoms with E-state index >= 15 is 0 Å². The minimum atomic E-state index is -0.385. The maximum Gasteiger partial charge on any atom is 0.255 e. The minimum Gasteiger partial charge on any atom is -0.376 e. The number of amides is 1. The van der Waals surface area contributed by atoms with Crippen molar-refractivity contribution in [3.05, 3.63) is 106 Å². The van der Waals surface area contributed by atoms with E-state index in [-0.39, 0.29) is 34.7 Å². The highest BCUT2D eigenvalue weighted by Crippen LogP contribution is 2.27. The van der Waals surface area contributed by atoms with Gasteiger partial charge in [0, 0.05) is 35.6 Å². The van der Waals surface area contributed by atoms with Gasteiger partial charge in [0.15, 0.2) is 0 Å². The van der Waals surface area contributed by atoms with Gasteiger partial charge in [0.2, 0.25) is 11.6 Å². The van der Waals surface area contributed by atoms with E-state index in [0.29, 0.717) is 22.4 Å². The first-order valence-electron chi connectivity index (χ1n) is 9.48. The fourth-order valence-corrected chi connectivity index (χ4v) is 3.19. The van der Waals surface area contributed by atoms with Gasteiger partial charge in [-0.05, 0) is 24.6 Å². The predicted octanol–water partition coefficient (Wildman–Crippen LogP) is 4.15. The van der Waals surface area contributed by atoms with Crippen LogP contribution in [0.4, 0.5) is 0 Å². The quantitative estimate of drug-likeness (QED) is 0.642. The second-order valence-corrected chi connectivity index (χ2v) is 7.06. The third-order valence-corrected chi connectivity index (χ3v) is 4.85. The van der Waals surface area contributed by atoms with Gasteiger partial charge >= 0.3 is 0 Å². The number of allylic oxidation sites excluding steroid dienone is 4. The molecule has 7 heteroatoms. The van der Waals surface area contributed by atoms with Crippen molar-refractivity contribution in [1.29, 1.82) is 0 Å². The van der Waals surface area contributed by atoms with Gasteiger partial charge in [0.25, 0.3) is 5.91 Å². The molecule has 0 saturated heterocycles. The Morgan fingerprint density at radius 1 is 1.06 bits per heavy atom. The molecule has 156 valence electrons. The third-order valence-electron chi connectivity index (χ3n) is 4.49. The molecule has 1 amide bonds. The van der Waals surface area contributed by atoms with E-state index in [1.165, 1.54) is 6.21 Å². The Hall–Kier alpha value is -3.77. The molecule has 0 unspecified atom stereocenters. The fourth-order valence-electron chi connectivity index (χ4n) is 2.94. The van der Waals surface area contributed by atoms with Gasteiger partial charge in [0.1, 0.15) is 10.7 Å². The van der Waals surface area contributed by atoms with Gasteiger partial charge in [-0.3, -0.25) is 19.4 Å². The number of aliphatic imine (C=N–C) groups is 1. The van der Waals surface area contributed by atoms with Crippen molar-refractivity contribution in [2.75, 3.05) is 0 Å². The van der Waals surface area contributed by atoms with Crippen LogP contribution < -0.4 is 10.6 Å². The molecule has 6 nitrogen and oxygen atoms in total. The van der Waals surface area contributed by atoms with Crippen molar-refractivity contribution in [3.63, 3.8) is 0 Å². The summed E-state index contributed by atoms with van der Waals surface area (Å²) in [5.41, 5.74) is 2.32. The van der Waals surface area contributed by atoms with Crippen LogP contribution in [0.15, 0.2) is 88.8 Å². The number of halogens is 1. The highest BCUT2D eigenvalue weighted by molar-refractivity contribution is 6.49. The molecule has 0 aromatic heterocycles. The summed E-state index contributed by atoms with van der Waals surface area (Å²) < 4.78 is 0. The zero-order valence-corrected chi connectivity index (χ0v) is 17.6. The number of Topliss-reactive ketones (excluding diaryl/α,β-unsaturated/α-hetero) is 2. The molecule has 3 rings (SSSR count). The number of hydrogen-bond donors (Lipinski definition) is 2. The molecule has 0 atom stereocenters. The number of carbonyl (C=O) groups excluding carboxylic acids is 3. The van der Waals surface area contributed by atoms with Crippen LogP contribution in [0.2, 0.25) is 0 Å². The summed E-state index contributed by atoms with van der Waals surface area (Å²) in [6.45, 7) is 5.82. The molecule has 2 N–H and O–H groups in total. The van der Waals surface area contributed by atoms with Crippen molar-refractivity contribution >= 4 is 35.3 Å². The van der Waals surface area contributed by atoms with Gasteiger partial charge < -0.3 is 10.6 Å². The lowest BCUT2D eigenvalue weighted by Gasteiger charge is -2.19. The average molecular weight is 434 g/mol.